The van der Waals surface area contributed by atoms with E-state index in [1.54, 1.807) is 13.8 Å². The molecule has 2 aromatic carbocycles. The summed E-state index contributed by atoms with van der Waals surface area (Å²) in [6.07, 6.45) is 1.73. The second kappa shape index (κ2) is 7.08. The van der Waals surface area contributed by atoms with Gasteiger partial charge in [-0.25, -0.2) is 0 Å². The minimum Gasteiger partial charge on any atom is -0.487 e. The van der Waals surface area contributed by atoms with Crippen LogP contribution in [0.25, 0.3) is 0 Å². The van der Waals surface area contributed by atoms with Crippen LogP contribution in [0, 0.1) is 0 Å². The first-order valence-electron chi connectivity index (χ1n) is 9.62. The first-order valence-corrected chi connectivity index (χ1v) is 9.62. The second-order valence-electron chi connectivity index (χ2n) is 8.79. The van der Waals surface area contributed by atoms with Gasteiger partial charge in [-0.15, -0.1) is 0 Å². The molecule has 0 saturated heterocycles. The number of carbonyl (C=O) groups is 2. The van der Waals surface area contributed by atoms with Gasteiger partial charge in [0.05, 0.1) is 0 Å². The number of fused-ring (bicyclic) bond motifs is 2. The van der Waals surface area contributed by atoms with Crippen LogP contribution in [0.5, 0.6) is 11.5 Å². The fourth-order valence-corrected chi connectivity index (χ4v) is 3.74. The first kappa shape index (κ1) is 20.1. The monoisotopic (exact) mass is 380 g/mol. The molecule has 0 radical (unpaired) electrons. The number of benzene rings is 2. The number of rotatable bonds is 2. The molecule has 2 aliphatic heterocycles. The fraction of sp³-hybridized carbons (Fsp3) is 0.417. The molecule has 0 amide bonds. The average Bonchev–Trinajstić information content (AvgIpc) is 3.06. The van der Waals surface area contributed by atoms with E-state index in [0.717, 1.165) is 41.0 Å². The minimum atomic E-state index is -0.173. The predicted octanol–water partition coefficient (Wildman–Crippen LogP) is 5.21. The van der Waals surface area contributed by atoms with E-state index in [4.69, 9.17) is 9.47 Å². The number of hydrogen-bond donors (Lipinski definition) is 0. The molecule has 2 heterocycles. The number of hydrogen-bond acceptors (Lipinski definition) is 4. The van der Waals surface area contributed by atoms with E-state index in [1.165, 1.54) is 5.56 Å². The Morgan fingerprint density at radius 2 is 1.46 bits per heavy atom. The summed E-state index contributed by atoms with van der Waals surface area (Å²) in [6.45, 7) is 11.4. The van der Waals surface area contributed by atoms with Crippen molar-refractivity contribution in [3.63, 3.8) is 0 Å². The third-order valence-corrected chi connectivity index (χ3v) is 4.98. The lowest BCUT2D eigenvalue weighted by Gasteiger charge is -2.16. The van der Waals surface area contributed by atoms with E-state index >= 15 is 0 Å². The molecular formula is C24H28O4. The average molecular weight is 380 g/mol. The van der Waals surface area contributed by atoms with Crippen molar-refractivity contribution in [1.82, 2.24) is 0 Å². The Hall–Kier alpha value is -2.62. The van der Waals surface area contributed by atoms with Crippen LogP contribution in [0.4, 0.5) is 0 Å². The van der Waals surface area contributed by atoms with Crippen LogP contribution in [0.15, 0.2) is 36.4 Å². The van der Waals surface area contributed by atoms with Crippen LogP contribution in [0.3, 0.4) is 0 Å². The molecule has 0 unspecified atom stereocenters. The highest BCUT2D eigenvalue weighted by molar-refractivity contribution is 5.96. The summed E-state index contributed by atoms with van der Waals surface area (Å²) in [6, 6.07) is 11.4. The maximum absolute atomic E-state index is 11.4. The van der Waals surface area contributed by atoms with Crippen molar-refractivity contribution in [2.24, 2.45) is 0 Å². The van der Waals surface area contributed by atoms with Gasteiger partial charge in [0.15, 0.2) is 11.6 Å². The molecular weight excluding hydrogens is 352 g/mol. The van der Waals surface area contributed by atoms with Gasteiger partial charge in [0.1, 0.15) is 22.7 Å². The molecule has 4 nitrogen and oxygen atoms in total. The van der Waals surface area contributed by atoms with Gasteiger partial charge in [-0.3, -0.25) is 9.59 Å². The smallest absolute Gasteiger partial charge is 0.160 e. The van der Waals surface area contributed by atoms with Crippen molar-refractivity contribution in [1.29, 1.82) is 0 Å². The molecule has 28 heavy (non-hydrogen) atoms. The maximum atomic E-state index is 11.4. The van der Waals surface area contributed by atoms with Gasteiger partial charge in [-0.1, -0.05) is 24.3 Å². The van der Waals surface area contributed by atoms with Crippen LogP contribution in [-0.2, 0) is 12.8 Å². The number of Topliss-reactive ketones (excluding diaryl/α,β-unsaturated/α-hetero) is 2. The van der Waals surface area contributed by atoms with Gasteiger partial charge in [-0.05, 0) is 59.2 Å². The molecule has 0 aromatic heterocycles. The van der Waals surface area contributed by atoms with Gasteiger partial charge in [0.2, 0.25) is 0 Å². The highest BCUT2D eigenvalue weighted by Crippen LogP contribution is 2.37. The molecule has 0 spiro atoms. The van der Waals surface area contributed by atoms with Crippen LogP contribution in [0.2, 0.25) is 0 Å². The Kier molecular flexibility index (Phi) is 5.09. The lowest BCUT2D eigenvalue weighted by Crippen LogP contribution is -2.24. The molecule has 4 rings (SSSR count). The fourth-order valence-electron chi connectivity index (χ4n) is 3.74. The van der Waals surface area contributed by atoms with Gasteiger partial charge in [-0.2, -0.15) is 0 Å². The van der Waals surface area contributed by atoms with Gasteiger partial charge in [0.25, 0.3) is 0 Å². The van der Waals surface area contributed by atoms with Crippen molar-refractivity contribution >= 4 is 11.6 Å². The molecule has 0 N–H and O–H groups in total. The highest BCUT2D eigenvalue weighted by Gasteiger charge is 2.32. The summed E-state index contributed by atoms with van der Waals surface area (Å²) in [5.74, 6) is 1.93. The number of ketones is 2. The third-order valence-electron chi connectivity index (χ3n) is 4.98. The molecule has 2 aliphatic rings. The Labute approximate surface area is 166 Å². The Balaban J connectivity index is 0.000000161. The second-order valence-corrected chi connectivity index (χ2v) is 8.79. The summed E-state index contributed by atoms with van der Waals surface area (Å²) in [5, 5.41) is 0. The van der Waals surface area contributed by atoms with E-state index in [9.17, 15) is 9.59 Å². The van der Waals surface area contributed by atoms with Crippen molar-refractivity contribution in [2.75, 3.05) is 0 Å². The summed E-state index contributed by atoms with van der Waals surface area (Å²) in [5.41, 5.74) is 3.48. The van der Waals surface area contributed by atoms with E-state index < -0.39 is 0 Å². The topological polar surface area (TPSA) is 52.6 Å². The lowest BCUT2D eigenvalue weighted by atomic mass is 9.96. The quantitative estimate of drug-likeness (QED) is 0.672. The Bertz CT molecular complexity index is 938. The molecule has 0 fully saturated rings. The van der Waals surface area contributed by atoms with Gasteiger partial charge >= 0.3 is 0 Å². The lowest BCUT2D eigenvalue weighted by molar-refractivity contribution is 0.100. The van der Waals surface area contributed by atoms with Crippen molar-refractivity contribution in [3.05, 3.63) is 58.7 Å². The van der Waals surface area contributed by atoms with Crippen molar-refractivity contribution in [2.45, 2.75) is 65.6 Å². The predicted molar refractivity (Wildman–Crippen MR) is 110 cm³/mol. The maximum Gasteiger partial charge on any atom is 0.160 e. The zero-order chi connectivity index (χ0) is 20.7. The molecule has 0 atom stereocenters. The standard InChI is InChI=1S/2C12H14O2/c1-8(13)9-4-5-10-7-12(2,3)14-11(10)6-9;1-8(13)9-5-4-6-11-10(9)7-12(2,3)14-11/h2*4-6H,7H2,1-3H3. The molecule has 4 heteroatoms. The summed E-state index contributed by atoms with van der Waals surface area (Å²) in [4.78, 5) is 22.5. The molecule has 148 valence electrons. The Morgan fingerprint density at radius 1 is 0.821 bits per heavy atom. The van der Waals surface area contributed by atoms with Crippen LogP contribution in [-0.4, -0.2) is 22.8 Å². The SMILES string of the molecule is CC(=O)c1ccc2c(c1)OC(C)(C)C2.CC(=O)c1cccc2c1CC(C)(C)O2. The molecule has 0 bridgehead atoms. The van der Waals surface area contributed by atoms with Crippen LogP contribution < -0.4 is 9.47 Å². The number of ether oxygens (including phenoxy) is 2. The summed E-state index contributed by atoms with van der Waals surface area (Å²) < 4.78 is 11.5. The highest BCUT2D eigenvalue weighted by atomic mass is 16.5. The Morgan fingerprint density at radius 3 is 2.11 bits per heavy atom. The number of carbonyl (C=O) groups excluding carboxylic acids is 2. The summed E-state index contributed by atoms with van der Waals surface area (Å²) >= 11 is 0. The van der Waals surface area contributed by atoms with E-state index in [-0.39, 0.29) is 22.8 Å². The molecule has 2 aromatic rings. The zero-order valence-electron chi connectivity index (χ0n) is 17.5. The molecule has 0 aliphatic carbocycles. The van der Waals surface area contributed by atoms with Gasteiger partial charge < -0.3 is 9.47 Å². The normalized spacial score (nSPS) is 17.4. The van der Waals surface area contributed by atoms with Crippen molar-refractivity contribution in [3.8, 4) is 11.5 Å². The largest absolute Gasteiger partial charge is 0.487 e. The minimum absolute atomic E-state index is 0.0844. The van der Waals surface area contributed by atoms with E-state index in [1.807, 2.05) is 50.2 Å². The zero-order valence-corrected chi connectivity index (χ0v) is 17.5. The van der Waals surface area contributed by atoms with Crippen LogP contribution in [0.1, 0.15) is 73.4 Å². The molecule has 0 saturated carbocycles. The van der Waals surface area contributed by atoms with E-state index in [2.05, 4.69) is 13.8 Å². The van der Waals surface area contributed by atoms with Gasteiger partial charge in [0, 0.05) is 29.5 Å². The summed E-state index contributed by atoms with van der Waals surface area (Å²) in [7, 11) is 0. The van der Waals surface area contributed by atoms with Crippen LogP contribution >= 0.6 is 0 Å². The third kappa shape index (κ3) is 4.27. The van der Waals surface area contributed by atoms with Crippen molar-refractivity contribution < 1.29 is 19.1 Å². The van der Waals surface area contributed by atoms with E-state index in [0.29, 0.717) is 0 Å². The first-order chi connectivity index (χ1) is 13.0.